The molecule has 0 saturated carbocycles. The molecule has 1 saturated heterocycles. The minimum absolute atomic E-state index is 0.427. The van der Waals surface area contributed by atoms with Crippen molar-refractivity contribution in [2.45, 2.75) is 45.0 Å². The molecule has 0 bridgehead atoms. The summed E-state index contributed by atoms with van der Waals surface area (Å²) in [5, 5.41) is 11.7. The fraction of sp³-hybridized carbons (Fsp3) is 0.846. The third kappa shape index (κ3) is 3.13. The Morgan fingerprint density at radius 2 is 2.47 bits per heavy atom. The lowest BCUT2D eigenvalue weighted by Gasteiger charge is -2.32. The first kappa shape index (κ1) is 13.0. The molecule has 19 heavy (non-hydrogen) atoms. The van der Waals surface area contributed by atoms with Crippen molar-refractivity contribution in [3.8, 4) is 0 Å². The Balaban J connectivity index is 1.42. The number of hydrogen-bond donors (Lipinski definition) is 1. The molecule has 2 unspecified atom stereocenters. The van der Waals surface area contributed by atoms with Crippen LogP contribution in [-0.4, -0.2) is 58.1 Å². The highest BCUT2D eigenvalue weighted by Crippen LogP contribution is 2.13. The highest BCUT2D eigenvalue weighted by atomic mass is 16.5. The second kappa shape index (κ2) is 5.98. The van der Waals surface area contributed by atoms with Crippen LogP contribution >= 0.6 is 0 Å². The van der Waals surface area contributed by atoms with E-state index >= 15 is 0 Å². The van der Waals surface area contributed by atoms with Gasteiger partial charge < -0.3 is 14.6 Å². The molecule has 2 atom stereocenters. The summed E-state index contributed by atoms with van der Waals surface area (Å²) in [5.41, 5.74) is 0. The first-order valence-electron chi connectivity index (χ1n) is 7.26. The van der Waals surface area contributed by atoms with Crippen LogP contribution < -0.4 is 5.32 Å². The largest absolute Gasteiger partial charge is 0.377 e. The molecule has 1 fully saturated rings. The maximum Gasteiger partial charge on any atom is 0.147 e. The summed E-state index contributed by atoms with van der Waals surface area (Å²) in [6.45, 7) is 8.18. The van der Waals surface area contributed by atoms with E-state index in [1.54, 1.807) is 0 Å². The van der Waals surface area contributed by atoms with Crippen molar-refractivity contribution in [3.63, 3.8) is 0 Å². The standard InChI is InChI=1S/C13H23N5O/c1-11(7-14-8-12-3-2-6-19-12)17-4-5-18-10-15-16-13(18)9-17/h10-12,14H,2-9H2,1H3. The zero-order valence-corrected chi connectivity index (χ0v) is 11.6. The lowest BCUT2D eigenvalue weighted by Crippen LogP contribution is -2.45. The Labute approximate surface area is 114 Å². The number of fused-ring (bicyclic) bond motifs is 1. The summed E-state index contributed by atoms with van der Waals surface area (Å²) in [4.78, 5) is 2.46. The molecule has 6 nitrogen and oxygen atoms in total. The average Bonchev–Trinajstić information content (AvgIpc) is 3.08. The quantitative estimate of drug-likeness (QED) is 0.827. The SMILES string of the molecule is CC(CNCC1CCCO1)N1CCn2cnnc2C1. The Morgan fingerprint density at radius 1 is 1.53 bits per heavy atom. The number of rotatable bonds is 5. The van der Waals surface area contributed by atoms with E-state index in [1.165, 1.54) is 12.8 Å². The van der Waals surface area contributed by atoms with Crippen LogP contribution in [0.15, 0.2) is 6.33 Å². The van der Waals surface area contributed by atoms with E-state index in [1.807, 2.05) is 6.33 Å². The molecule has 0 amide bonds. The van der Waals surface area contributed by atoms with Crippen molar-refractivity contribution >= 4 is 0 Å². The molecule has 0 aliphatic carbocycles. The van der Waals surface area contributed by atoms with Gasteiger partial charge in [-0.3, -0.25) is 4.90 Å². The summed E-state index contributed by atoms with van der Waals surface area (Å²) in [6, 6.07) is 0.520. The van der Waals surface area contributed by atoms with Crippen LogP contribution in [0.25, 0.3) is 0 Å². The Hall–Kier alpha value is -0.980. The van der Waals surface area contributed by atoms with Crippen LogP contribution in [0.4, 0.5) is 0 Å². The Kier molecular flexibility index (Phi) is 4.10. The van der Waals surface area contributed by atoms with Crippen molar-refractivity contribution in [2.24, 2.45) is 0 Å². The van der Waals surface area contributed by atoms with E-state index in [0.29, 0.717) is 12.1 Å². The molecular weight excluding hydrogens is 242 g/mol. The molecule has 3 rings (SSSR count). The number of nitrogens with one attached hydrogen (secondary N) is 1. The molecule has 2 aliphatic heterocycles. The average molecular weight is 265 g/mol. The third-order valence-corrected chi connectivity index (χ3v) is 4.13. The van der Waals surface area contributed by atoms with Crippen LogP contribution in [0, 0.1) is 0 Å². The fourth-order valence-electron chi connectivity index (χ4n) is 2.85. The van der Waals surface area contributed by atoms with Gasteiger partial charge in [0.2, 0.25) is 0 Å². The van der Waals surface area contributed by atoms with E-state index in [4.69, 9.17) is 4.74 Å². The van der Waals surface area contributed by atoms with Crippen molar-refractivity contribution in [1.82, 2.24) is 25.0 Å². The van der Waals surface area contributed by atoms with Gasteiger partial charge >= 0.3 is 0 Å². The second-order valence-electron chi connectivity index (χ2n) is 5.55. The van der Waals surface area contributed by atoms with Crippen molar-refractivity contribution in [2.75, 3.05) is 26.2 Å². The molecular formula is C13H23N5O. The number of nitrogens with zero attached hydrogens (tertiary/aromatic N) is 4. The molecule has 1 aromatic heterocycles. The second-order valence-corrected chi connectivity index (χ2v) is 5.55. The zero-order valence-electron chi connectivity index (χ0n) is 11.6. The van der Waals surface area contributed by atoms with Crippen LogP contribution in [0.3, 0.4) is 0 Å². The predicted octanol–water partition coefficient (Wildman–Crippen LogP) is 0.251. The van der Waals surface area contributed by atoms with Crippen molar-refractivity contribution < 1.29 is 4.74 Å². The monoisotopic (exact) mass is 265 g/mol. The highest BCUT2D eigenvalue weighted by molar-refractivity contribution is 4.91. The molecule has 0 aromatic carbocycles. The summed E-state index contributed by atoms with van der Waals surface area (Å²) in [5.74, 6) is 1.08. The summed E-state index contributed by atoms with van der Waals surface area (Å²) < 4.78 is 7.76. The summed E-state index contributed by atoms with van der Waals surface area (Å²) in [6.07, 6.45) is 4.67. The molecule has 106 valence electrons. The molecule has 6 heteroatoms. The van der Waals surface area contributed by atoms with E-state index < -0.39 is 0 Å². The summed E-state index contributed by atoms with van der Waals surface area (Å²) >= 11 is 0. The van der Waals surface area contributed by atoms with Crippen LogP contribution in [0.1, 0.15) is 25.6 Å². The maximum atomic E-state index is 5.62. The van der Waals surface area contributed by atoms with Gasteiger partial charge in [0.05, 0.1) is 12.6 Å². The van der Waals surface area contributed by atoms with Gasteiger partial charge in [-0.05, 0) is 19.8 Å². The molecule has 3 heterocycles. The van der Waals surface area contributed by atoms with Crippen LogP contribution in [-0.2, 0) is 17.8 Å². The van der Waals surface area contributed by atoms with Gasteiger partial charge in [-0.25, -0.2) is 0 Å². The van der Waals surface area contributed by atoms with Crippen molar-refractivity contribution in [1.29, 1.82) is 0 Å². The van der Waals surface area contributed by atoms with Gasteiger partial charge in [-0.1, -0.05) is 0 Å². The lowest BCUT2D eigenvalue weighted by atomic mass is 10.2. The highest BCUT2D eigenvalue weighted by Gasteiger charge is 2.22. The number of aromatic nitrogens is 3. The van der Waals surface area contributed by atoms with Gasteiger partial charge in [0.15, 0.2) is 0 Å². The van der Waals surface area contributed by atoms with Gasteiger partial charge in [-0.15, -0.1) is 10.2 Å². The Bertz CT molecular complexity index is 401. The van der Waals surface area contributed by atoms with E-state index in [2.05, 4.69) is 31.9 Å². The first-order valence-corrected chi connectivity index (χ1v) is 7.26. The smallest absolute Gasteiger partial charge is 0.147 e. The minimum atomic E-state index is 0.427. The topological polar surface area (TPSA) is 55.2 Å². The van der Waals surface area contributed by atoms with E-state index in [-0.39, 0.29) is 0 Å². The number of hydrogen-bond acceptors (Lipinski definition) is 5. The fourth-order valence-corrected chi connectivity index (χ4v) is 2.85. The third-order valence-electron chi connectivity index (χ3n) is 4.13. The van der Waals surface area contributed by atoms with Crippen LogP contribution in [0.2, 0.25) is 0 Å². The van der Waals surface area contributed by atoms with Gasteiger partial charge in [-0.2, -0.15) is 0 Å². The van der Waals surface area contributed by atoms with E-state index in [9.17, 15) is 0 Å². The first-order chi connectivity index (χ1) is 9.33. The lowest BCUT2D eigenvalue weighted by molar-refractivity contribution is 0.105. The van der Waals surface area contributed by atoms with Gasteiger partial charge in [0, 0.05) is 38.8 Å². The molecule has 1 N–H and O–H groups in total. The predicted molar refractivity (Wildman–Crippen MR) is 71.7 cm³/mol. The molecule has 1 aromatic rings. The van der Waals surface area contributed by atoms with E-state index in [0.717, 1.165) is 45.2 Å². The van der Waals surface area contributed by atoms with Gasteiger partial charge in [0.1, 0.15) is 12.2 Å². The number of ether oxygens (including phenoxy) is 1. The normalized spacial score (nSPS) is 25.4. The molecule has 0 radical (unpaired) electrons. The Morgan fingerprint density at radius 3 is 3.32 bits per heavy atom. The van der Waals surface area contributed by atoms with Gasteiger partial charge in [0.25, 0.3) is 0 Å². The molecule has 0 spiro atoms. The minimum Gasteiger partial charge on any atom is -0.377 e. The maximum absolute atomic E-state index is 5.62. The molecule has 2 aliphatic rings. The van der Waals surface area contributed by atoms with Crippen molar-refractivity contribution in [3.05, 3.63) is 12.2 Å². The zero-order chi connectivity index (χ0) is 13.1. The van der Waals surface area contributed by atoms with Crippen LogP contribution in [0.5, 0.6) is 0 Å². The summed E-state index contributed by atoms with van der Waals surface area (Å²) in [7, 11) is 0.